The lowest BCUT2D eigenvalue weighted by Gasteiger charge is -2.26. The number of nitrogens with one attached hydrogen (secondary N) is 1. The number of carbonyl (C=O) groups excluding carboxylic acids is 4. The second kappa shape index (κ2) is 8.39. The second-order valence-corrected chi connectivity index (χ2v) is 6.00. The number of barbiturate groups is 1. The van der Waals surface area contributed by atoms with E-state index in [2.05, 4.69) is 5.32 Å². The zero-order chi connectivity index (χ0) is 21.0. The average molecular weight is 394 g/mol. The van der Waals surface area contributed by atoms with Gasteiger partial charge in [0.15, 0.2) is 0 Å². The molecule has 0 saturated carbocycles. The van der Waals surface area contributed by atoms with Gasteiger partial charge in [0, 0.05) is 0 Å². The number of urea groups is 1. The second-order valence-electron chi connectivity index (χ2n) is 6.00. The smallest absolute Gasteiger partial charge is 0.338 e. The molecule has 0 unspecified atom stereocenters. The Morgan fingerprint density at radius 1 is 1.03 bits per heavy atom. The van der Waals surface area contributed by atoms with Gasteiger partial charge in [-0.1, -0.05) is 12.1 Å². The first kappa shape index (κ1) is 19.8. The van der Waals surface area contributed by atoms with Crippen molar-refractivity contribution in [1.82, 2.24) is 5.32 Å². The van der Waals surface area contributed by atoms with Crippen molar-refractivity contribution in [3.63, 3.8) is 0 Å². The van der Waals surface area contributed by atoms with Crippen LogP contribution in [0.2, 0.25) is 0 Å². The van der Waals surface area contributed by atoms with Crippen molar-refractivity contribution in [3.05, 3.63) is 65.2 Å². The van der Waals surface area contributed by atoms with E-state index in [9.17, 15) is 19.2 Å². The summed E-state index contributed by atoms with van der Waals surface area (Å²) in [5, 5.41) is 2.15. The van der Waals surface area contributed by atoms with Gasteiger partial charge in [0.25, 0.3) is 11.8 Å². The molecule has 1 heterocycles. The lowest BCUT2D eigenvalue weighted by molar-refractivity contribution is -0.122. The number of rotatable bonds is 5. The maximum atomic E-state index is 12.9. The first-order valence-electron chi connectivity index (χ1n) is 8.77. The fourth-order valence-electron chi connectivity index (χ4n) is 2.72. The van der Waals surface area contributed by atoms with E-state index in [0.29, 0.717) is 11.3 Å². The Morgan fingerprint density at radius 3 is 2.28 bits per heavy atom. The summed E-state index contributed by atoms with van der Waals surface area (Å²) in [5.74, 6) is -1.43. The zero-order valence-corrected chi connectivity index (χ0v) is 15.8. The van der Waals surface area contributed by atoms with Crippen molar-refractivity contribution >= 4 is 35.6 Å². The van der Waals surface area contributed by atoms with Crippen LogP contribution in [0.15, 0.2) is 54.1 Å². The van der Waals surface area contributed by atoms with E-state index in [0.717, 1.165) is 4.90 Å². The van der Waals surface area contributed by atoms with Gasteiger partial charge in [-0.2, -0.15) is 0 Å². The lowest BCUT2D eigenvalue weighted by Crippen LogP contribution is -2.54. The van der Waals surface area contributed by atoms with Gasteiger partial charge in [-0.15, -0.1) is 0 Å². The van der Waals surface area contributed by atoms with Crippen LogP contribution in [0.3, 0.4) is 0 Å². The number of methoxy groups -OCH3 is 1. The summed E-state index contributed by atoms with van der Waals surface area (Å²) in [4.78, 5) is 49.9. The van der Waals surface area contributed by atoms with Crippen molar-refractivity contribution in [1.29, 1.82) is 0 Å². The first-order chi connectivity index (χ1) is 13.9. The number of carbonyl (C=O) groups is 4. The van der Waals surface area contributed by atoms with Gasteiger partial charge in [-0.05, 0) is 55.0 Å². The van der Waals surface area contributed by atoms with Crippen LogP contribution >= 0.6 is 0 Å². The van der Waals surface area contributed by atoms with Crippen molar-refractivity contribution in [2.75, 3.05) is 18.6 Å². The largest absolute Gasteiger partial charge is 0.497 e. The third kappa shape index (κ3) is 4.16. The van der Waals surface area contributed by atoms with E-state index in [1.807, 2.05) is 0 Å². The minimum Gasteiger partial charge on any atom is -0.497 e. The molecule has 1 aliphatic heterocycles. The van der Waals surface area contributed by atoms with E-state index in [4.69, 9.17) is 9.47 Å². The molecule has 0 atom stereocenters. The van der Waals surface area contributed by atoms with Crippen LogP contribution in [0.1, 0.15) is 22.8 Å². The molecule has 0 aliphatic carbocycles. The molecular weight excluding hydrogens is 376 g/mol. The molecule has 8 heteroatoms. The normalized spacial score (nSPS) is 15.3. The van der Waals surface area contributed by atoms with Gasteiger partial charge in [-0.3, -0.25) is 14.9 Å². The van der Waals surface area contributed by atoms with Crippen LogP contribution < -0.4 is 15.0 Å². The number of hydrogen-bond acceptors (Lipinski definition) is 6. The molecule has 0 bridgehead atoms. The molecule has 2 aromatic carbocycles. The number of hydrogen-bond donors (Lipinski definition) is 1. The molecule has 4 amide bonds. The molecule has 0 radical (unpaired) electrons. The van der Waals surface area contributed by atoms with E-state index < -0.39 is 23.8 Å². The Labute approximate surface area is 166 Å². The first-order valence-corrected chi connectivity index (χ1v) is 8.77. The summed E-state index contributed by atoms with van der Waals surface area (Å²) in [5.41, 5.74) is 0.903. The number of anilines is 1. The Balaban J connectivity index is 1.90. The van der Waals surface area contributed by atoms with E-state index in [-0.39, 0.29) is 23.4 Å². The average Bonchev–Trinajstić information content (AvgIpc) is 2.72. The highest BCUT2D eigenvalue weighted by atomic mass is 16.5. The van der Waals surface area contributed by atoms with Crippen LogP contribution in [0, 0.1) is 0 Å². The third-order valence-electron chi connectivity index (χ3n) is 4.17. The van der Waals surface area contributed by atoms with Crippen molar-refractivity contribution < 1.29 is 28.7 Å². The highest BCUT2D eigenvalue weighted by molar-refractivity contribution is 6.39. The van der Waals surface area contributed by atoms with Crippen LogP contribution in [0.4, 0.5) is 10.5 Å². The monoisotopic (exact) mass is 394 g/mol. The third-order valence-corrected chi connectivity index (χ3v) is 4.17. The molecule has 148 valence electrons. The molecule has 1 N–H and O–H groups in total. The maximum absolute atomic E-state index is 12.9. The zero-order valence-electron chi connectivity index (χ0n) is 15.8. The number of benzene rings is 2. The fourth-order valence-corrected chi connectivity index (χ4v) is 2.72. The number of nitrogens with zero attached hydrogens (tertiary/aromatic N) is 1. The summed E-state index contributed by atoms with van der Waals surface area (Å²) in [6.45, 7) is 1.92. The van der Waals surface area contributed by atoms with Gasteiger partial charge in [0.1, 0.15) is 11.3 Å². The van der Waals surface area contributed by atoms with Gasteiger partial charge in [0.05, 0.1) is 25.0 Å². The van der Waals surface area contributed by atoms with E-state index in [1.54, 1.807) is 31.2 Å². The maximum Gasteiger partial charge on any atom is 0.338 e. The molecule has 1 aliphatic rings. The molecule has 0 spiro atoms. The van der Waals surface area contributed by atoms with Crippen LogP contribution in [0.5, 0.6) is 5.75 Å². The topological polar surface area (TPSA) is 102 Å². The summed E-state index contributed by atoms with van der Waals surface area (Å²) >= 11 is 0. The molecule has 1 saturated heterocycles. The van der Waals surface area contributed by atoms with Gasteiger partial charge < -0.3 is 9.47 Å². The van der Waals surface area contributed by atoms with Crippen LogP contribution in [0.25, 0.3) is 6.08 Å². The van der Waals surface area contributed by atoms with E-state index >= 15 is 0 Å². The predicted molar refractivity (Wildman–Crippen MR) is 104 cm³/mol. The van der Waals surface area contributed by atoms with Gasteiger partial charge >= 0.3 is 12.0 Å². The highest BCUT2D eigenvalue weighted by Gasteiger charge is 2.36. The summed E-state index contributed by atoms with van der Waals surface area (Å²) in [6, 6.07) is 11.6. The summed E-state index contributed by atoms with van der Waals surface area (Å²) < 4.78 is 9.99. The quantitative estimate of drug-likeness (QED) is 0.475. The number of imide groups is 2. The van der Waals surface area contributed by atoms with Crippen molar-refractivity contribution in [2.45, 2.75) is 6.92 Å². The SMILES string of the molecule is CCOC(=O)c1ccc(N2C(=O)NC(=O)C(=Cc3ccc(OC)cc3)C2=O)cc1. The van der Waals surface area contributed by atoms with Gasteiger partial charge in [-0.25, -0.2) is 14.5 Å². The molecule has 3 rings (SSSR count). The predicted octanol–water partition coefficient (Wildman–Crippen LogP) is 2.54. The van der Waals surface area contributed by atoms with Gasteiger partial charge in [0.2, 0.25) is 0 Å². The summed E-state index contributed by atoms with van der Waals surface area (Å²) in [7, 11) is 1.53. The standard InChI is InChI=1S/C21H18N2O6/c1-3-29-20(26)14-6-8-15(9-7-14)23-19(25)17(18(24)22-21(23)27)12-13-4-10-16(28-2)11-5-13/h4-12H,3H2,1-2H3,(H,22,24,27). The molecule has 29 heavy (non-hydrogen) atoms. The Kier molecular flexibility index (Phi) is 5.73. The number of esters is 1. The molecule has 1 fully saturated rings. The molecular formula is C21H18N2O6. The minimum atomic E-state index is -0.865. The lowest BCUT2D eigenvalue weighted by atomic mass is 10.1. The Hall–Kier alpha value is -3.94. The number of amides is 4. The van der Waals surface area contributed by atoms with Crippen LogP contribution in [-0.2, 0) is 14.3 Å². The van der Waals surface area contributed by atoms with Crippen molar-refractivity contribution in [2.24, 2.45) is 0 Å². The fraction of sp³-hybridized carbons (Fsp3) is 0.143. The molecule has 0 aromatic heterocycles. The molecule has 8 nitrogen and oxygen atoms in total. The minimum absolute atomic E-state index is 0.191. The van der Waals surface area contributed by atoms with E-state index in [1.165, 1.54) is 37.5 Å². The number of ether oxygens (including phenoxy) is 2. The Bertz CT molecular complexity index is 993. The summed E-state index contributed by atoms with van der Waals surface area (Å²) in [6.07, 6.45) is 1.39. The molecule has 2 aromatic rings. The van der Waals surface area contributed by atoms with Crippen LogP contribution in [-0.4, -0.2) is 37.5 Å². The highest BCUT2D eigenvalue weighted by Crippen LogP contribution is 2.23. The Morgan fingerprint density at radius 2 is 1.69 bits per heavy atom. The van der Waals surface area contributed by atoms with Crippen molar-refractivity contribution in [3.8, 4) is 5.75 Å².